The third-order valence-corrected chi connectivity index (χ3v) is 8.25. The quantitative estimate of drug-likeness (QED) is 0.609. The number of thiophene rings is 1. The summed E-state index contributed by atoms with van der Waals surface area (Å²) in [6, 6.07) is -0.310. The highest BCUT2D eigenvalue weighted by Gasteiger charge is 2.31. The Kier molecular flexibility index (Phi) is 8.03. The van der Waals surface area contributed by atoms with E-state index in [1.54, 1.807) is 6.92 Å². The van der Waals surface area contributed by atoms with Crippen LogP contribution in [0.2, 0.25) is 0 Å². The van der Waals surface area contributed by atoms with E-state index in [1.165, 1.54) is 16.2 Å². The lowest BCUT2D eigenvalue weighted by Gasteiger charge is -2.37. The molecule has 33 heavy (non-hydrogen) atoms. The average molecular weight is 477 g/mol. The molecule has 2 saturated heterocycles. The Morgan fingerprint density at radius 1 is 1.00 bits per heavy atom. The molecule has 1 aromatic rings. The fourth-order valence-corrected chi connectivity index (χ4v) is 6.30. The van der Waals surface area contributed by atoms with E-state index < -0.39 is 0 Å². The minimum absolute atomic E-state index is 0.0965. The van der Waals surface area contributed by atoms with Crippen molar-refractivity contribution < 1.29 is 19.1 Å². The van der Waals surface area contributed by atoms with Crippen molar-refractivity contribution in [1.29, 1.82) is 0 Å². The van der Waals surface area contributed by atoms with Gasteiger partial charge < -0.3 is 15.0 Å². The first-order chi connectivity index (χ1) is 16.0. The van der Waals surface area contributed by atoms with Crippen molar-refractivity contribution >= 4 is 34.1 Å². The lowest BCUT2D eigenvalue weighted by atomic mass is 9.95. The molecular weight excluding hydrogens is 440 g/mol. The number of rotatable bonds is 7. The van der Waals surface area contributed by atoms with Gasteiger partial charge in [-0.2, -0.15) is 0 Å². The molecule has 4 rings (SSSR count). The summed E-state index contributed by atoms with van der Waals surface area (Å²) in [6.07, 6.45) is 6.21. The maximum absolute atomic E-state index is 13.1. The summed E-state index contributed by atoms with van der Waals surface area (Å²) in [5.41, 5.74) is 1.62. The fraction of sp³-hybridized carbons (Fsp3) is 0.708. The molecule has 182 valence electrons. The van der Waals surface area contributed by atoms with Crippen molar-refractivity contribution in [2.45, 2.75) is 58.4 Å². The highest BCUT2D eigenvalue weighted by atomic mass is 32.1. The van der Waals surface area contributed by atoms with E-state index in [0.29, 0.717) is 23.7 Å². The smallest absolute Gasteiger partial charge is 0.341 e. The summed E-state index contributed by atoms with van der Waals surface area (Å²) in [6.45, 7) is 9.31. The predicted octanol–water partition coefficient (Wildman–Crippen LogP) is 2.37. The van der Waals surface area contributed by atoms with Gasteiger partial charge in [0.2, 0.25) is 11.8 Å². The molecule has 1 aliphatic carbocycles. The Morgan fingerprint density at radius 3 is 2.39 bits per heavy atom. The third-order valence-electron chi connectivity index (χ3n) is 7.04. The molecular formula is C24H36N4O4S. The minimum atomic E-state index is -0.337. The normalized spacial score (nSPS) is 20.4. The molecule has 0 saturated carbocycles. The SMILES string of the molecule is CCOC(=O)c1c(NC(=O)C(C)N2CCN(CC(=O)N3CCCC3)CC2)sc2c1CCCC2. The van der Waals surface area contributed by atoms with Gasteiger partial charge in [-0.15, -0.1) is 11.3 Å². The fourth-order valence-electron chi connectivity index (χ4n) is 5.02. The Bertz CT molecular complexity index is 872. The van der Waals surface area contributed by atoms with Crippen LogP contribution in [0, 0.1) is 0 Å². The molecule has 1 aromatic heterocycles. The van der Waals surface area contributed by atoms with E-state index in [0.717, 1.165) is 83.4 Å². The van der Waals surface area contributed by atoms with Crippen LogP contribution in [0.4, 0.5) is 5.00 Å². The van der Waals surface area contributed by atoms with Crippen molar-refractivity contribution in [1.82, 2.24) is 14.7 Å². The molecule has 0 radical (unpaired) electrons. The van der Waals surface area contributed by atoms with Crippen LogP contribution in [0.3, 0.4) is 0 Å². The van der Waals surface area contributed by atoms with Gasteiger partial charge >= 0.3 is 5.97 Å². The third kappa shape index (κ3) is 5.58. The van der Waals surface area contributed by atoms with Crippen molar-refractivity contribution in [3.05, 3.63) is 16.0 Å². The number of hydrogen-bond donors (Lipinski definition) is 1. The Labute approximate surface area is 200 Å². The van der Waals surface area contributed by atoms with E-state index in [9.17, 15) is 14.4 Å². The number of nitrogens with zero attached hydrogens (tertiary/aromatic N) is 3. The Balaban J connectivity index is 1.34. The van der Waals surface area contributed by atoms with Gasteiger partial charge in [0.25, 0.3) is 0 Å². The number of ether oxygens (including phenoxy) is 1. The molecule has 1 unspecified atom stereocenters. The van der Waals surface area contributed by atoms with Gasteiger partial charge in [0.05, 0.1) is 24.8 Å². The number of fused-ring (bicyclic) bond motifs is 1. The van der Waals surface area contributed by atoms with Crippen LogP contribution in [-0.4, -0.2) is 90.9 Å². The Hall–Kier alpha value is -1.97. The van der Waals surface area contributed by atoms with E-state index in [-0.39, 0.29) is 23.8 Å². The van der Waals surface area contributed by atoms with Crippen molar-refractivity contribution in [3.63, 3.8) is 0 Å². The van der Waals surface area contributed by atoms with Crippen LogP contribution in [-0.2, 0) is 27.2 Å². The van der Waals surface area contributed by atoms with Crippen LogP contribution in [0.1, 0.15) is 60.3 Å². The van der Waals surface area contributed by atoms with Gasteiger partial charge in [-0.1, -0.05) is 0 Å². The second-order valence-corrected chi connectivity index (χ2v) is 10.3. The largest absolute Gasteiger partial charge is 0.462 e. The summed E-state index contributed by atoms with van der Waals surface area (Å²) in [4.78, 5) is 45.7. The van der Waals surface area contributed by atoms with Gasteiger partial charge in [-0.05, 0) is 57.9 Å². The molecule has 3 aliphatic rings. The maximum atomic E-state index is 13.1. The van der Waals surface area contributed by atoms with E-state index >= 15 is 0 Å². The topological polar surface area (TPSA) is 82.2 Å². The molecule has 0 spiro atoms. The van der Waals surface area contributed by atoms with Gasteiger partial charge in [0, 0.05) is 44.1 Å². The molecule has 2 aliphatic heterocycles. The minimum Gasteiger partial charge on any atom is -0.462 e. The highest BCUT2D eigenvalue weighted by Crippen LogP contribution is 2.38. The standard InChI is InChI=1S/C24H36N4O4S/c1-3-32-24(31)21-18-8-4-5-9-19(18)33-23(21)25-22(30)17(2)27-14-12-26(13-15-27)16-20(29)28-10-6-7-11-28/h17H,3-16H2,1-2H3,(H,25,30). The van der Waals surface area contributed by atoms with Crippen LogP contribution < -0.4 is 5.32 Å². The summed E-state index contributed by atoms with van der Waals surface area (Å²) >= 11 is 1.53. The number of esters is 1. The molecule has 9 heteroatoms. The molecule has 1 N–H and O–H groups in total. The number of amides is 2. The zero-order chi connectivity index (χ0) is 23.4. The second-order valence-electron chi connectivity index (χ2n) is 9.20. The van der Waals surface area contributed by atoms with Crippen molar-refractivity contribution in [2.75, 3.05) is 57.7 Å². The number of carbonyl (C=O) groups is 3. The molecule has 2 fully saturated rings. The van der Waals surface area contributed by atoms with Gasteiger partial charge in [0.15, 0.2) is 0 Å². The molecule has 0 aromatic carbocycles. The first-order valence-electron chi connectivity index (χ1n) is 12.3. The zero-order valence-electron chi connectivity index (χ0n) is 19.9. The van der Waals surface area contributed by atoms with Crippen LogP contribution >= 0.6 is 11.3 Å². The van der Waals surface area contributed by atoms with Crippen LogP contribution in [0.5, 0.6) is 0 Å². The van der Waals surface area contributed by atoms with Gasteiger partial charge in [-0.25, -0.2) is 4.79 Å². The number of hydrogen-bond acceptors (Lipinski definition) is 7. The van der Waals surface area contributed by atoms with Crippen LogP contribution in [0.25, 0.3) is 0 Å². The number of aryl methyl sites for hydroxylation is 1. The van der Waals surface area contributed by atoms with Crippen molar-refractivity contribution in [3.8, 4) is 0 Å². The number of nitrogens with one attached hydrogen (secondary N) is 1. The first kappa shape index (κ1) is 24.2. The molecule has 2 amide bonds. The van der Waals surface area contributed by atoms with E-state index in [2.05, 4.69) is 15.1 Å². The molecule has 3 heterocycles. The molecule has 0 bridgehead atoms. The number of carbonyl (C=O) groups excluding carboxylic acids is 3. The zero-order valence-corrected chi connectivity index (χ0v) is 20.7. The second kappa shape index (κ2) is 11.0. The highest BCUT2D eigenvalue weighted by molar-refractivity contribution is 7.17. The van der Waals surface area contributed by atoms with E-state index in [1.807, 2.05) is 11.8 Å². The van der Waals surface area contributed by atoms with E-state index in [4.69, 9.17) is 4.74 Å². The number of likely N-dealkylation sites (tertiary alicyclic amines) is 1. The predicted molar refractivity (Wildman–Crippen MR) is 129 cm³/mol. The van der Waals surface area contributed by atoms with Gasteiger partial charge in [-0.3, -0.25) is 19.4 Å². The van der Waals surface area contributed by atoms with Crippen molar-refractivity contribution in [2.24, 2.45) is 0 Å². The summed E-state index contributed by atoms with van der Waals surface area (Å²) in [5, 5.41) is 3.68. The number of piperazine rings is 1. The van der Waals surface area contributed by atoms with Crippen LogP contribution in [0.15, 0.2) is 0 Å². The van der Waals surface area contributed by atoms with Gasteiger partial charge in [0.1, 0.15) is 5.00 Å². The molecule has 8 nitrogen and oxygen atoms in total. The summed E-state index contributed by atoms with van der Waals surface area (Å²) in [7, 11) is 0. The lowest BCUT2D eigenvalue weighted by Crippen LogP contribution is -2.54. The Morgan fingerprint density at radius 2 is 1.70 bits per heavy atom. The monoisotopic (exact) mass is 476 g/mol. The maximum Gasteiger partial charge on any atom is 0.341 e. The molecule has 1 atom stereocenters. The number of anilines is 1. The lowest BCUT2D eigenvalue weighted by molar-refractivity contribution is -0.132. The summed E-state index contributed by atoms with van der Waals surface area (Å²) in [5.74, 6) is -0.211. The summed E-state index contributed by atoms with van der Waals surface area (Å²) < 4.78 is 5.30. The average Bonchev–Trinajstić information content (AvgIpc) is 3.47. The first-order valence-corrected chi connectivity index (χ1v) is 13.2.